The number of nitrogens with one attached hydrogen (secondary N) is 1. The van der Waals surface area contributed by atoms with Gasteiger partial charge in [-0.05, 0) is 49.7 Å². The summed E-state index contributed by atoms with van der Waals surface area (Å²) in [6.45, 7) is 10.5. The quantitative estimate of drug-likeness (QED) is 0.279. The zero-order chi connectivity index (χ0) is 24.4. The Kier molecular flexibility index (Phi) is 8.89. The third-order valence-corrected chi connectivity index (χ3v) is 6.62. The molecule has 2 aromatic carbocycles. The van der Waals surface area contributed by atoms with E-state index in [9.17, 15) is 8.78 Å². The molecule has 4 aromatic rings. The van der Waals surface area contributed by atoms with Crippen LogP contribution in [0.25, 0.3) is 33.4 Å². The molecule has 3 heterocycles. The second kappa shape index (κ2) is 11.9. The third kappa shape index (κ3) is 5.55. The van der Waals surface area contributed by atoms with Crippen LogP contribution in [0, 0.1) is 56.6 Å². The van der Waals surface area contributed by atoms with E-state index in [0.29, 0.717) is 47.0 Å². The van der Waals surface area contributed by atoms with Gasteiger partial charge in [0.2, 0.25) is 0 Å². The summed E-state index contributed by atoms with van der Waals surface area (Å²) in [5.41, 5.74) is 3.83. The van der Waals surface area contributed by atoms with Gasteiger partial charge in [0, 0.05) is 29.4 Å². The number of piperidine rings is 1. The number of hydrogen-bond acceptors (Lipinski definition) is 5. The Balaban J connectivity index is 0.00000304. The van der Waals surface area contributed by atoms with Crippen molar-refractivity contribution < 1.29 is 39.9 Å². The summed E-state index contributed by atoms with van der Waals surface area (Å²) in [4.78, 5) is 11.2. The topological polar surface area (TPSA) is 58.9 Å². The van der Waals surface area contributed by atoms with Gasteiger partial charge in [-0.1, -0.05) is 12.1 Å². The summed E-state index contributed by atoms with van der Waals surface area (Å²) in [5.74, 6) is -1.20. The molecule has 1 aliphatic rings. The van der Waals surface area contributed by atoms with E-state index in [2.05, 4.69) is 29.2 Å². The molecule has 9 heteroatoms. The first kappa shape index (κ1) is 26.9. The summed E-state index contributed by atoms with van der Waals surface area (Å²) >= 11 is 0. The van der Waals surface area contributed by atoms with Crippen LogP contribution in [0.5, 0.6) is 0 Å². The van der Waals surface area contributed by atoms with Crippen molar-refractivity contribution in [3.63, 3.8) is 0 Å². The van der Waals surface area contributed by atoms with Crippen LogP contribution in [0.3, 0.4) is 0 Å². The number of halogens is 2. The maximum absolute atomic E-state index is 15.0. The SMILES string of the molecule is [CH2-]CN(C[CH2-])Cc1c(F)cc(-c2cccc3ncc(-c4cnn(C5CCNCC5)c4)nc23)cc1F.[U+2]. The standard InChI is InChI=1S/C27H28F2N6.U/c1-3-34(4-2)17-22-23(28)12-18(13-24(22)29)21-6-5-7-25-27(21)33-26(15-31-25)19-14-32-35(16-19)20-8-10-30-11-9-20;/h5-7,12-16,20,30H,1-4,8-11,17H2;/q-2;+2. The van der Waals surface area contributed by atoms with Gasteiger partial charge >= 0.3 is 31.1 Å². The first-order valence-corrected chi connectivity index (χ1v) is 11.9. The van der Waals surface area contributed by atoms with Crippen LogP contribution in [0.15, 0.2) is 48.9 Å². The molecule has 0 aliphatic carbocycles. The second-order valence-corrected chi connectivity index (χ2v) is 8.81. The minimum absolute atomic E-state index is 0. The number of aromatic nitrogens is 4. The summed E-state index contributed by atoms with van der Waals surface area (Å²) in [5, 5.41) is 7.92. The maximum Gasteiger partial charge on any atom is 2.00 e. The van der Waals surface area contributed by atoms with Gasteiger partial charge in [-0.2, -0.15) is 5.10 Å². The van der Waals surface area contributed by atoms with Crippen molar-refractivity contribution in [2.45, 2.75) is 25.4 Å². The van der Waals surface area contributed by atoms with Crippen molar-refractivity contribution >= 4 is 11.0 Å². The van der Waals surface area contributed by atoms with Crippen molar-refractivity contribution in [1.82, 2.24) is 30.0 Å². The molecular weight excluding hydrogens is 684 g/mol. The number of benzene rings is 2. The van der Waals surface area contributed by atoms with Crippen LogP contribution >= 0.6 is 0 Å². The van der Waals surface area contributed by atoms with Crippen LogP contribution in [0.1, 0.15) is 24.4 Å². The molecule has 5 rings (SSSR count). The van der Waals surface area contributed by atoms with Crippen molar-refractivity contribution in [3.05, 3.63) is 80.0 Å². The predicted molar refractivity (Wildman–Crippen MR) is 133 cm³/mol. The molecule has 184 valence electrons. The fourth-order valence-corrected chi connectivity index (χ4v) is 4.55. The van der Waals surface area contributed by atoms with Gasteiger partial charge in [0.25, 0.3) is 0 Å². The smallest absolute Gasteiger partial charge is 0.359 e. The molecule has 0 unspecified atom stereocenters. The van der Waals surface area contributed by atoms with Gasteiger partial charge in [0.05, 0.1) is 35.2 Å². The van der Waals surface area contributed by atoms with Crippen LogP contribution in [-0.4, -0.2) is 50.8 Å². The zero-order valence-corrected chi connectivity index (χ0v) is 24.2. The summed E-state index contributed by atoms with van der Waals surface area (Å²) in [7, 11) is 0. The van der Waals surface area contributed by atoms with Crippen LogP contribution in [0.2, 0.25) is 0 Å². The molecule has 0 spiro atoms. The molecule has 1 fully saturated rings. The van der Waals surface area contributed by atoms with Crippen molar-refractivity contribution in [1.29, 1.82) is 0 Å². The van der Waals surface area contributed by atoms with E-state index in [-0.39, 0.29) is 43.2 Å². The Morgan fingerprint density at radius 3 is 2.44 bits per heavy atom. The van der Waals surface area contributed by atoms with E-state index in [1.165, 1.54) is 12.1 Å². The Morgan fingerprint density at radius 2 is 1.75 bits per heavy atom. The molecule has 0 amide bonds. The molecule has 1 aliphatic heterocycles. The molecule has 0 bridgehead atoms. The minimum atomic E-state index is -0.601. The van der Waals surface area contributed by atoms with Crippen LogP contribution < -0.4 is 5.32 Å². The van der Waals surface area contributed by atoms with E-state index >= 15 is 0 Å². The molecule has 6 nitrogen and oxygen atoms in total. The van der Waals surface area contributed by atoms with Gasteiger partial charge < -0.3 is 24.1 Å². The van der Waals surface area contributed by atoms with Gasteiger partial charge in [-0.3, -0.25) is 9.67 Å². The van der Waals surface area contributed by atoms with Gasteiger partial charge in [0.1, 0.15) is 11.6 Å². The van der Waals surface area contributed by atoms with E-state index in [1.54, 1.807) is 17.3 Å². The number of para-hydroxylation sites is 1. The first-order valence-electron chi connectivity index (χ1n) is 11.9. The van der Waals surface area contributed by atoms with E-state index in [4.69, 9.17) is 4.98 Å². The van der Waals surface area contributed by atoms with E-state index in [0.717, 1.165) is 31.5 Å². The van der Waals surface area contributed by atoms with Crippen LogP contribution in [-0.2, 0) is 6.54 Å². The zero-order valence-electron chi connectivity index (χ0n) is 20.1. The average Bonchev–Trinajstić information content (AvgIpc) is 3.39. The normalized spacial score (nSPS) is 14.4. The minimum Gasteiger partial charge on any atom is -0.359 e. The maximum atomic E-state index is 15.0. The number of hydrogen-bond donors (Lipinski definition) is 1. The van der Waals surface area contributed by atoms with Crippen LogP contribution in [0.4, 0.5) is 8.78 Å². The molecule has 0 radical (unpaired) electrons. The Hall–Kier alpha value is -2.18. The summed E-state index contributed by atoms with van der Waals surface area (Å²) in [6, 6.07) is 8.56. The van der Waals surface area contributed by atoms with Gasteiger partial charge in [-0.25, -0.2) is 13.8 Å². The summed E-state index contributed by atoms with van der Waals surface area (Å²) in [6.07, 6.45) is 7.57. The van der Waals surface area contributed by atoms with E-state index in [1.807, 2.05) is 29.1 Å². The van der Waals surface area contributed by atoms with Crippen molar-refractivity contribution in [2.75, 3.05) is 26.2 Å². The average molecular weight is 713 g/mol. The monoisotopic (exact) mass is 712 g/mol. The molecule has 1 N–H and O–H groups in total. The number of rotatable bonds is 7. The Labute approximate surface area is 233 Å². The second-order valence-electron chi connectivity index (χ2n) is 8.81. The molecule has 0 saturated carbocycles. The molecule has 1 saturated heterocycles. The molecule has 0 atom stereocenters. The fourth-order valence-electron chi connectivity index (χ4n) is 4.55. The van der Waals surface area contributed by atoms with Gasteiger partial charge in [0.15, 0.2) is 0 Å². The molecular formula is C27H28F2N6U. The number of fused-ring (bicyclic) bond motifs is 1. The van der Waals surface area contributed by atoms with Gasteiger partial charge in [-0.15, -0.1) is 13.1 Å². The Bertz CT molecular complexity index is 1310. The number of nitrogens with zero attached hydrogens (tertiary/aromatic N) is 5. The summed E-state index contributed by atoms with van der Waals surface area (Å²) < 4.78 is 32.0. The first-order chi connectivity index (χ1) is 17.1. The third-order valence-electron chi connectivity index (χ3n) is 6.62. The molecule has 2 aromatic heterocycles. The van der Waals surface area contributed by atoms with E-state index < -0.39 is 11.6 Å². The fraction of sp³-hybridized carbons (Fsp3) is 0.296. The Morgan fingerprint density at radius 1 is 1.03 bits per heavy atom. The predicted octanol–water partition coefficient (Wildman–Crippen LogP) is 4.83. The van der Waals surface area contributed by atoms with Crippen molar-refractivity contribution in [3.8, 4) is 22.4 Å². The largest absolute Gasteiger partial charge is 2.00 e. The molecule has 36 heavy (non-hydrogen) atoms. The van der Waals surface area contributed by atoms with Crippen molar-refractivity contribution in [2.24, 2.45) is 0 Å².